The fourth-order valence-corrected chi connectivity index (χ4v) is 1.74. The van der Waals surface area contributed by atoms with Crippen molar-refractivity contribution in [2.24, 2.45) is 10.2 Å². The summed E-state index contributed by atoms with van der Waals surface area (Å²) in [7, 11) is 2.99. The standard InChI is InChI=1S/C14H14N4O4/c1-21-13-8-12(14(22-2)7-11(13)15)17-16-9-3-5-10(6-4-9)18(19)20/h3-8H,15H2,1-2H3/b17-16+. The van der Waals surface area contributed by atoms with Crippen molar-refractivity contribution in [2.45, 2.75) is 0 Å². The maximum Gasteiger partial charge on any atom is 0.269 e. The van der Waals surface area contributed by atoms with Crippen molar-refractivity contribution in [3.8, 4) is 11.5 Å². The molecule has 0 aliphatic carbocycles. The fourth-order valence-electron chi connectivity index (χ4n) is 1.74. The van der Waals surface area contributed by atoms with Gasteiger partial charge in [0.15, 0.2) is 0 Å². The van der Waals surface area contributed by atoms with Crippen molar-refractivity contribution >= 4 is 22.7 Å². The molecule has 0 radical (unpaired) electrons. The molecule has 0 unspecified atom stereocenters. The van der Waals surface area contributed by atoms with Gasteiger partial charge in [-0.25, -0.2) is 0 Å². The molecule has 0 bridgehead atoms. The molecule has 0 aliphatic heterocycles. The second-order valence-electron chi connectivity index (χ2n) is 4.24. The Morgan fingerprint density at radius 3 is 2.23 bits per heavy atom. The Kier molecular flexibility index (Phi) is 4.52. The highest BCUT2D eigenvalue weighted by Gasteiger charge is 2.09. The van der Waals surface area contributed by atoms with Gasteiger partial charge in [0.25, 0.3) is 5.69 Å². The summed E-state index contributed by atoms with van der Waals surface area (Å²) in [5, 5.41) is 18.7. The monoisotopic (exact) mass is 302 g/mol. The summed E-state index contributed by atoms with van der Waals surface area (Å²) >= 11 is 0. The first-order valence-corrected chi connectivity index (χ1v) is 6.23. The number of nitrogens with two attached hydrogens (primary N) is 1. The summed E-state index contributed by atoms with van der Waals surface area (Å²) < 4.78 is 10.3. The molecule has 114 valence electrons. The van der Waals surface area contributed by atoms with Crippen LogP contribution in [0, 0.1) is 10.1 Å². The van der Waals surface area contributed by atoms with Crippen LogP contribution in [0.1, 0.15) is 0 Å². The average molecular weight is 302 g/mol. The van der Waals surface area contributed by atoms with E-state index in [4.69, 9.17) is 15.2 Å². The van der Waals surface area contributed by atoms with Crippen molar-refractivity contribution < 1.29 is 14.4 Å². The first-order chi connectivity index (χ1) is 10.5. The third-order valence-corrected chi connectivity index (χ3v) is 2.86. The van der Waals surface area contributed by atoms with Gasteiger partial charge in [-0.15, -0.1) is 5.11 Å². The number of rotatable bonds is 5. The Labute approximate surface area is 126 Å². The van der Waals surface area contributed by atoms with E-state index >= 15 is 0 Å². The zero-order valence-corrected chi connectivity index (χ0v) is 12.0. The van der Waals surface area contributed by atoms with Crippen LogP contribution < -0.4 is 15.2 Å². The number of hydrogen-bond donors (Lipinski definition) is 1. The van der Waals surface area contributed by atoms with Crippen LogP contribution in [-0.4, -0.2) is 19.1 Å². The molecule has 2 aromatic carbocycles. The molecule has 0 heterocycles. The van der Waals surface area contributed by atoms with Crippen molar-refractivity contribution in [1.29, 1.82) is 0 Å². The third-order valence-electron chi connectivity index (χ3n) is 2.86. The molecule has 0 spiro atoms. The largest absolute Gasteiger partial charge is 0.495 e. The summed E-state index contributed by atoms with van der Waals surface area (Å²) in [5.41, 5.74) is 7.12. The van der Waals surface area contributed by atoms with Gasteiger partial charge in [0.05, 0.1) is 30.5 Å². The van der Waals surface area contributed by atoms with Gasteiger partial charge >= 0.3 is 0 Å². The van der Waals surface area contributed by atoms with Crippen molar-refractivity contribution in [1.82, 2.24) is 0 Å². The molecule has 0 saturated carbocycles. The number of hydrogen-bond acceptors (Lipinski definition) is 7. The third kappa shape index (κ3) is 3.29. The SMILES string of the molecule is COc1cc(/N=N/c2ccc([N+](=O)[O-])cc2)c(OC)cc1N. The molecule has 0 aromatic heterocycles. The second kappa shape index (κ2) is 6.53. The number of methoxy groups -OCH3 is 2. The maximum absolute atomic E-state index is 10.6. The lowest BCUT2D eigenvalue weighted by molar-refractivity contribution is -0.384. The number of ether oxygens (including phenoxy) is 2. The molecule has 0 saturated heterocycles. The predicted octanol–water partition coefficient (Wildman–Crippen LogP) is 3.61. The van der Waals surface area contributed by atoms with Crippen LogP contribution in [0.15, 0.2) is 46.6 Å². The van der Waals surface area contributed by atoms with Crippen molar-refractivity contribution in [3.05, 3.63) is 46.5 Å². The Morgan fingerprint density at radius 2 is 1.68 bits per heavy atom. The number of azo groups is 1. The lowest BCUT2D eigenvalue weighted by atomic mass is 10.2. The number of nitro benzene ring substituents is 1. The number of nitro groups is 1. The Bertz CT molecular complexity index is 714. The van der Waals surface area contributed by atoms with Gasteiger partial charge in [-0.1, -0.05) is 0 Å². The molecule has 8 heteroatoms. The van der Waals surface area contributed by atoms with E-state index in [0.717, 1.165) is 0 Å². The van der Waals surface area contributed by atoms with E-state index in [-0.39, 0.29) is 5.69 Å². The van der Waals surface area contributed by atoms with E-state index in [2.05, 4.69) is 10.2 Å². The molecular weight excluding hydrogens is 288 g/mol. The molecule has 2 N–H and O–H groups in total. The van der Waals surface area contributed by atoms with Crippen LogP contribution in [0.5, 0.6) is 11.5 Å². The quantitative estimate of drug-likeness (QED) is 0.392. The number of nitrogens with zero attached hydrogens (tertiary/aromatic N) is 3. The predicted molar refractivity (Wildman–Crippen MR) is 81.2 cm³/mol. The smallest absolute Gasteiger partial charge is 0.269 e. The highest BCUT2D eigenvalue weighted by atomic mass is 16.6. The molecule has 22 heavy (non-hydrogen) atoms. The fraction of sp³-hybridized carbons (Fsp3) is 0.143. The molecule has 0 amide bonds. The normalized spacial score (nSPS) is 10.6. The van der Waals surface area contributed by atoms with Crippen LogP contribution >= 0.6 is 0 Å². The minimum absolute atomic E-state index is 0.00863. The lowest BCUT2D eigenvalue weighted by Crippen LogP contribution is -1.93. The van der Waals surface area contributed by atoms with Gasteiger partial charge in [-0.3, -0.25) is 10.1 Å². The molecule has 0 fully saturated rings. The van der Waals surface area contributed by atoms with Crippen LogP contribution in [0.3, 0.4) is 0 Å². The van der Waals surface area contributed by atoms with Crippen LogP contribution in [-0.2, 0) is 0 Å². The van der Waals surface area contributed by atoms with Gasteiger partial charge in [0, 0.05) is 24.3 Å². The molecule has 2 aromatic rings. The van der Waals surface area contributed by atoms with E-state index < -0.39 is 4.92 Å². The number of anilines is 1. The van der Waals surface area contributed by atoms with E-state index in [9.17, 15) is 10.1 Å². The first-order valence-electron chi connectivity index (χ1n) is 6.23. The molecule has 0 atom stereocenters. The van der Waals surface area contributed by atoms with E-state index in [1.165, 1.54) is 38.5 Å². The Balaban J connectivity index is 2.30. The summed E-state index contributed by atoms with van der Waals surface area (Å²) in [5.74, 6) is 0.905. The van der Waals surface area contributed by atoms with Crippen LogP contribution in [0.4, 0.5) is 22.7 Å². The maximum atomic E-state index is 10.6. The molecule has 0 aliphatic rings. The van der Waals surface area contributed by atoms with E-state index in [1.807, 2.05) is 0 Å². The Morgan fingerprint density at radius 1 is 1.05 bits per heavy atom. The number of non-ortho nitro benzene ring substituents is 1. The van der Waals surface area contributed by atoms with Crippen molar-refractivity contribution in [3.63, 3.8) is 0 Å². The van der Waals surface area contributed by atoms with E-state index in [1.54, 1.807) is 12.1 Å². The lowest BCUT2D eigenvalue weighted by Gasteiger charge is -2.09. The highest BCUT2D eigenvalue weighted by molar-refractivity contribution is 5.67. The van der Waals surface area contributed by atoms with E-state index in [0.29, 0.717) is 28.6 Å². The minimum atomic E-state index is -0.477. The Hall–Kier alpha value is -3.16. The molecule has 8 nitrogen and oxygen atoms in total. The first kappa shape index (κ1) is 15.2. The zero-order chi connectivity index (χ0) is 16.1. The zero-order valence-electron chi connectivity index (χ0n) is 12.0. The van der Waals surface area contributed by atoms with Crippen molar-refractivity contribution in [2.75, 3.05) is 20.0 Å². The van der Waals surface area contributed by atoms with Crippen LogP contribution in [0.2, 0.25) is 0 Å². The summed E-state index contributed by atoms with van der Waals surface area (Å²) in [6, 6.07) is 8.90. The summed E-state index contributed by atoms with van der Waals surface area (Å²) in [4.78, 5) is 10.1. The highest BCUT2D eigenvalue weighted by Crippen LogP contribution is 2.37. The van der Waals surface area contributed by atoms with Gasteiger partial charge in [0.2, 0.25) is 0 Å². The summed E-state index contributed by atoms with van der Waals surface area (Å²) in [6.45, 7) is 0. The number of nitrogen functional groups attached to an aromatic ring is 1. The van der Waals surface area contributed by atoms with Crippen LogP contribution in [0.25, 0.3) is 0 Å². The number of benzene rings is 2. The minimum Gasteiger partial charge on any atom is -0.495 e. The summed E-state index contributed by atoms with van der Waals surface area (Å²) in [6.07, 6.45) is 0. The topological polar surface area (TPSA) is 112 Å². The second-order valence-corrected chi connectivity index (χ2v) is 4.24. The van der Waals surface area contributed by atoms with Gasteiger partial charge in [0.1, 0.15) is 17.2 Å². The average Bonchev–Trinajstić information content (AvgIpc) is 2.53. The van der Waals surface area contributed by atoms with Gasteiger partial charge < -0.3 is 15.2 Å². The molecular formula is C14H14N4O4. The van der Waals surface area contributed by atoms with Gasteiger partial charge in [-0.2, -0.15) is 5.11 Å². The molecule has 2 rings (SSSR count). The van der Waals surface area contributed by atoms with Gasteiger partial charge in [-0.05, 0) is 12.1 Å².